The first-order valence-electron chi connectivity index (χ1n) is 6.88. The largest absolute Gasteiger partial charge is 0.495 e. The minimum atomic E-state index is -3.66. The lowest BCUT2D eigenvalue weighted by atomic mass is 9.92. The predicted octanol–water partition coefficient (Wildman–Crippen LogP) is 2.32. The standard InChI is InChI=1S/C15H24N2O4S/c1-15(2,3)10-14(18)16-11-7-8-12(21-6)13(9-11)22(19,20)17(4)5/h7-9H,10H2,1-6H3,(H,16,18). The average molecular weight is 328 g/mol. The molecule has 0 saturated carbocycles. The van der Waals surface area contributed by atoms with Gasteiger partial charge >= 0.3 is 0 Å². The normalized spacial score (nSPS) is 12.3. The molecule has 0 bridgehead atoms. The summed E-state index contributed by atoms with van der Waals surface area (Å²) in [6, 6.07) is 4.56. The van der Waals surface area contributed by atoms with E-state index in [1.807, 2.05) is 20.8 Å². The quantitative estimate of drug-likeness (QED) is 0.900. The molecule has 6 nitrogen and oxygen atoms in total. The van der Waals surface area contributed by atoms with Crippen molar-refractivity contribution in [3.8, 4) is 5.75 Å². The molecular weight excluding hydrogens is 304 g/mol. The highest BCUT2D eigenvalue weighted by atomic mass is 32.2. The molecule has 1 aromatic rings. The second-order valence-electron chi connectivity index (χ2n) is 6.44. The van der Waals surface area contributed by atoms with Crippen molar-refractivity contribution in [3.05, 3.63) is 18.2 Å². The molecule has 0 aliphatic carbocycles. The summed E-state index contributed by atoms with van der Waals surface area (Å²) >= 11 is 0. The van der Waals surface area contributed by atoms with Gasteiger partial charge in [-0.2, -0.15) is 0 Å². The Morgan fingerprint density at radius 1 is 1.27 bits per heavy atom. The van der Waals surface area contributed by atoms with Crippen molar-refractivity contribution < 1.29 is 17.9 Å². The zero-order chi connectivity index (χ0) is 17.1. The van der Waals surface area contributed by atoms with Crippen molar-refractivity contribution in [1.29, 1.82) is 0 Å². The van der Waals surface area contributed by atoms with Gasteiger partial charge in [0.1, 0.15) is 10.6 Å². The molecule has 1 rings (SSSR count). The summed E-state index contributed by atoms with van der Waals surface area (Å²) in [5, 5.41) is 2.72. The molecule has 0 heterocycles. The summed E-state index contributed by atoms with van der Waals surface area (Å²) in [4.78, 5) is 12.0. The van der Waals surface area contributed by atoms with Gasteiger partial charge in [-0.15, -0.1) is 0 Å². The van der Waals surface area contributed by atoms with Gasteiger partial charge in [0.05, 0.1) is 7.11 Å². The van der Waals surface area contributed by atoms with E-state index in [0.717, 1.165) is 4.31 Å². The van der Waals surface area contributed by atoms with Gasteiger partial charge in [-0.05, 0) is 23.6 Å². The van der Waals surface area contributed by atoms with Crippen LogP contribution in [0.2, 0.25) is 0 Å². The predicted molar refractivity (Wildman–Crippen MR) is 86.6 cm³/mol. The number of carbonyl (C=O) groups excluding carboxylic acids is 1. The highest BCUT2D eigenvalue weighted by Crippen LogP contribution is 2.29. The minimum absolute atomic E-state index is 0.0218. The summed E-state index contributed by atoms with van der Waals surface area (Å²) in [5.74, 6) is 0.0772. The number of ether oxygens (including phenoxy) is 1. The number of anilines is 1. The highest BCUT2D eigenvalue weighted by molar-refractivity contribution is 7.89. The van der Waals surface area contributed by atoms with E-state index in [0.29, 0.717) is 12.1 Å². The number of nitrogens with one attached hydrogen (secondary N) is 1. The molecule has 0 radical (unpaired) electrons. The average Bonchev–Trinajstić information content (AvgIpc) is 2.36. The molecule has 124 valence electrons. The SMILES string of the molecule is COc1ccc(NC(=O)CC(C)(C)C)cc1S(=O)(=O)N(C)C. The molecule has 22 heavy (non-hydrogen) atoms. The molecule has 0 aliphatic rings. The Morgan fingerprint density at radius 2 is 1.86 bits per heavy atom. The monoisotopic (exact) mass is 328 g/mol. The molecule has 0 aliphatic heterocycles. The molecule has 1 amide bonds. The Bertz CT molecular complexity index is 646. The first-order chi connectivity index (χ1) is 9.97. The number of hydrogen-bond acceptors (Lipinski definition) is 4. The van der Waals surface area contributed by atoms with Gasteiger partial charge < -0.3 is 10.1 Å². The molecule has 0 atom stereocenters. The van der Waals surface area contributed by atoms with Gasteiger partial charge in [-0.1, -0.05) is 20.8 Å². The summed E-state index contributed by atoms with van der Waals surface area (Å²) in [5.41, 5.74) is 0.283. The topological polar surface area (TPSA) is 75.7 Å². The molecular formula is C15H24N2O4S. The zero-order valence-electron chi connectivity index (χ0n) is 13.9. The first kappa shape index (κ1) is 18.4. The summed E-state index contributed by atoms with van der Waals surface area (Å²) in [6.07, 6.45) is 0.342. The van der Waals surface area contributed by atoms with Crippen LogP contribution < -0.4 is 10.1 Å². The maximum atomic E-state index is 12.3. The van der Waals surface area contributed by atoms with Crippen molar-refractivity contribution >= 4 is 21.6 Å². The third-order valence-electron chi connectivity index (χ3n) is 2.90. The fourth-order valence-electron chi connectivity index (χ4n) is 1.84. The Morgan fingerprint density at radius 3 is 2.32 bits per heavy atom. The van der Waals surface area contributed by atoms with E-state index < -0.39 is 10.0 Å². The second-order valence-corrected chi connectivity index (χ2v) is 8.56. The number of benzene rings is 1. The van der Waals surface area contributed by atoms with E-state index in [-0.39, 0.29) is 22.0 Å². The molecule has 0 spiro atoms. The Hall–Kier alpha value is -1.60. The zero-order valence-corrected chi connectivity index (χ0v) is 14.7. The van der Waals surface area contributed by atoms with Crippen molar-refractivity contribution in [3.63, 3.8) is 0 Å². The van der Waals surface area contributed by atoms with E-state index in [2.05, 4.69) is 5.32 Å². The van der Waals surface area contributed by atoms with Crippen molar-refractivity contribution in [1.82, 2.24) is 4.31 Å². The fraction of sp³-hybridized carbons (Fsp3) is 0.533. The fourth-order valence-corrected chi connectivity index (χ4v) is 2.91. The molecule has 1 N–H and O–H groups in total. The second kappa shape index (κ2) is 6.66. The van der Waals surface area contributed by atoms with Gasteiger partial charge in [0.15, 0.2) is 0 Å². The van der Waals surface area contributed by atoms with Crippen LogP contribution in [-0.2, 0) is 14.8 Å². The van der Waals surface area contributed by atoms with Crippen LogP contribution in [0.15, 0.2) is 23.1 Å². The van der Waals surface area contributed by atoms with Crippen LogP contribution in [0.5, 0.6) is 5.75 Å². The van der Waals surface area contributed by atoms with Gasteiger partial charge in [0.25, 0.3) is 0 Å². The molecule has 0 saturated heterocycles. The van der Waals surface area contributed by atoms with E-state index in [1.165, 1.54) is 33.3 Å². The third kappa shape index (κ3) is 4.71. The van der Waals surface area contributed by atoms with Gasteiger partial charge in [-0.25, -0.2) is 12.7 Å². The number of sulfonamides is 1. The van der Waals surface area contributed by atoms with Crippen LogP contribution >= 0.6 is 0 Å². The van der Waals surface area contributed by atoms with Crippen LogP contribution in [0.3, 0.4) is 0 Å². The maximum Gasteiger partial charge on any atom is 0.246 e. The smallest absolute Gasteiger partial charge is 0.246 e. The van der Waals surface area contributed by atoms with E-state index in [9.17, 15) is 13.2 Å². The van der Waals surface area contributed by atoms with Crippen molar-refractivity contribution in [2.24, 2.45) is 5.41 Å². The van der Waals surface area contributed by atoms with Crippen molar-refractivity contribution in [2.75, 3.05) is 26.5 Å². The highest BCUT2D eigenvalue weighted by Gasteiger charge is 2.23. The lowest BCUT2D eigenvalue weighted by molar-refractivity contribution is -0.117. The maximum absolute atomic E-state index is 12.3. The minimum Gasteiger partial charge on any atom is -0.495 e. The summed E-state index contributed by atoms with van der Waals surface area (Å²) in [7, 11) is 0.637. The van der Waals surface area contributed by atoms with E-state index in [4.69, 9.17) is 4.74 Å². The molecule has 1 aromatic carbocycles. The van der Waals surface area contributed by atoms with Crippen LogP contribution in [0, 0.1) is 5.41 Å². The van der Waals surface area contributed by atoms with Crippen LogP contribution in [0.4, 0.5) is 5.69 Å². The third-order valence-corrected chi connectivity index (χ3v) is 4.73. The van der Waals surface area contributed by atoms with Gasteiger partial charge in [-0.3, -0.25) is 4.79 Å². The molecule has 0 unspecified atom stereocenters. The first-order valence-corrected chi connectivity index (χ1v) is 8.32. The van der Waals surface area contributed by atoms with Crippen molar-refractivity contribution in [2.45, 2.75) is 32.1 Å². The lowest BCUT2D eigenvalue weighted by Crippen LogP contribution is -2.23. The van der Waals surface area contributed by atoms with E-state index in [1.54, 1.807) is 6.07 Å². The molecule has 0 aromatic heterocycles. The number of methoxy groups -OCH3 is 1. The van der Waals surface area contributed by atoms with Crippen LogP contribution in [-0.4, -0.2) is 39.8 Å². The van der Waals surface area contributed by atoms with Crippen LogP contribution in [0.1, 0.15) is 27.2 Å². The van der Waals surface area contributed by atoms with Gasteiger partial charge in [0, 0.05) is 26.2 Å². The Labute approximate surface area is 132 Å². The Balaban J connectivity index is 3.14. The number of amides is 1. The molecule has 0 fully saturated rings. The number of rotatable bonds is 5. The number of carbonyl (C=O) groups is 1. The summed E-state index contributed by atoms with van der Waals surface area (Å²) < 4.78 is 30.8. The Kier molecular flexibility index (Phi) is 5.59. The van der Waals surface area contributed by atoms with Crippen LogP contribution in [0.25, 0.3) is 0 Å². The number of hydrogen-bond donors (Lipinski definition) is 1. The number of nitrogens with zero attached hydrogens (tertiary/aromatic N) is 1. The lowest BCUT2D eigenvalue weighted by Gasteiger charge is -2.18. The van der Waals surface area contributed by atoms with E-state index >= 15 is 0 Å². The summed E-state index contributed by atoms with van der Waals surface area (Å²) in [6.45, 7) is 5.88. The molecule has 7 heteroatoms. The van der Waals surface area contributed by atoms with Gasteiger partial charge in [0.2, 0.25) is 15.9 Å².